The van der Waals surface area contributed by atoms with Gasteiger partial charge in [0.2, 0.25) is 0 Å². The van der Waals surface area contributed by atoms with Crippen molar-refractivity contribution in [3.8, 4) is 0 Å². The summed E-state index contributed by atoms with van der Waals surface area (Å²) in [6.07, 6.45) is 1.58. The molecular formula is C2H5N4. The van der Waals surface area contributed by atoms with Crippen molar-refractivity contribution in [2.75, 3.05) is 7.05 Å². The summed E-state index contributed by atoms with van der Waals surface area (Å²) >= 11 is 0. The third-order valence-corrected chi connectivity index (χ3v) is 0.485. The normalized spacial score (nSPS) is 18.5. The van der Waals surface area contributed by atoms with Gasteiger partial charge in [-0.15, -0.1) is 10.6 Å². The molecule has 0 aromatic carbocycles. The SMILES string of the molecule is CN1C=N[N]N1. The highest BCUT2D eigenvalue weighted by Crippen LogP contribution is 1.71. The van der Waals surface area contributed by atoms with Crippen molar-refractivity contribution in [3.63, 3.8) is 0 Å². The minimum atomic E-state index is 1.58. The molecule has 1 heterocycles. The molecule has 33 valence electrons. The Kier molecular flexibility index (Phi) is 0.648. The molecule has 0 atom stereocenters. The van der Waals surface area contributed by atoms with Gasteiger partial charge in [0.15, 0.2) is 0 Å². The predicted octanol–water partition coefficient (Wildman–Crippen LogP) is -1.10. The van der Waals surface area contributed by atoms with Gasteiger partial charge in [0, 0.05) is 7.05 Å². The number of hydrogen-bond donors (Lipinski definition) is 1. The molecule has 0 saturated carbocycles. The molecular weight excluding hydrogens is 80.0 g/mol. The number of rotatable bonds is 0. The fraction of sp³-hybridized carbons (Fsp3) is 0.500. The van der Waals surface area contributed by atoms with Gasteiger partial charge >= 0.3 is 0 Å². The predicted molar refractivity (Wildman–Crippen MR) is 21.5 cm³/mol. The van der Waals surface area contributed by atoms with Gasteiger partial charge in [-0.1, -0.05) is 5.53 Å². The van der Waals surface area contributed by atoms with E-state index in [1.807, 2.05) is 7.05 Å². The molecule has 0 fully saturated rings. The maximum Gasteiger partial charge on any atom is 0.130 e. The summed E-state index contributed by atoms with van der Waals surface area (Å²) in [5, 5.41) is 5.13. The van der Waals surface area contributed by atoms with E-state index in [9.17, 15) is 0 Å². The zero-order valence-corrected chi connectivity index (χ0v) is 3.42. The lowest BCUT2D eigenvalue weighted by molar-refractivity contribution is 0.348. The molecule has 1 N–H and O–H groups in total. The lowest BCUT2D eigenvalue weighted by Gasteiger charge is -1.99. The fourth-order valence-electron chi connectivity index (χ4n) is 0.225. The van der Waals surface area contributed by atoms with Crippen molar-refractivity contribution < 1.29 is 0 Å². The standard InChI is InChI=1S/C2H5N4/c1-6-2-3-4-5-6/h2,5H,1H3. The smallest absolute Gasteiger partial charge is 0.130 e. The first-order valence-electron chi connectivity index (χ1n) is 1.61. The first-order valence-corrected chi connectivity index (χ1v) is 1.61. The molecule has 0 spiro atoms. The summed E-state index contributed by atoms with van der Waals surface area (Å²) in [5.74, 6) is 0. The zero-order valence-electron chi connectivity index (χ0n) is 3.42. The largest absolute Gasteiger partial charge is 0.279 e. The Morgan fingerprint density at radius 2 is 2.67 bits per heavy atom. The van der Waals surface area contributed by atoms with Crippen LogP contribution in [0.25, 0.3) is 0 Å². The Morgan fingerprint density at radius 1 is 1.83 bits per heavy atom. The van der Waals surface area contributed by atoms with Crippen molar-refractivity contribution in [2.45, 2.75) is 0 Å². The second-order valence-corrected chi connectivity index (χ2v) is 1.04. The van der Waals surface area contributed by atoms with E-state index in [1.54, 1.807) is 11.3 Å². The van der Waals surface area contributed by atoms with E-state index in [0.29, 0.717) is 0 Å². The van der Waals surface area contributed by atoms with Crippen LogP contribution < -0.4 is 11.1 Å². The molecule has 0 aliphatic carbocycles. The van der Waals surface area contributed by atoms with Crippen molar-refractivity contribution >= 4 is 6.34 Å². The minimum absolute atomic E-state index is 1.58. The minimum Gasteiger partial charge on any atom is -0.279 e. The van der Waals surface area contributed by atoms with E-state index in [4.69, 9.17) is 0 Å². The van der Waals surface area contributed by atoms with Crippen molar-refractivity contribution in [1.29, 1.82) is 0 Å². The van der Waals surface area contributed by atoms with Crippen molar-refractivity contribution in [2.24, 2.45) is 5.10 Å². The second-order valence-electron chi connectivity index (χ2n) is 1.04. The van der Waals surface area contributed by atoms with Crippen LogP contribution in [0.15, 0.2) is 5.10 Å². The van der Waals surface area contributed by atoms with Crippen LogP contribution >= 0.6 is 0 Å². The highest BCUT2D eigenvalue weighted by atomic mass is 15.8. The van der Waals surface area contributed by atoms with Gasteiger partial charge < -0.3 is 0 Å². The third kappa shape index (κ3) is 0.414. The maximum atomic E-state index is 3.48. The molecule has 0 aromatic rings. The van der Waals surface area contributed by atoms with Gasteiger partial charge in [-0.25, -0.2) is 0 Å². The monoisotopic (exact) mass is 85.1 g/mol. The molecule has 0 amide bonds. The van der Waals surface area contributed by atoms with Gasteiger partial charge in [0.1, 0.15) is 6.34 Å². The molecule has 1 aliphatic rings. The summed E-state index contributed by atoms with van der Waals surface area (Å²) in [7, 11) is 1.82. The van der Waals surface area contributed by atoms with Crippen LogP contribution in [0, 0.1) is 0 Å². The second kappa shape index (κ2) is 1.14. The topological polar surface area (TPSA) is 41.7 Å². The Bertz CT molecular complexity index is 67.9. The molecule has 1 rings (SSSR count). The first kappa shape index (κ1) is 3.42. The van der Waals surface area contributed by atoms with Gasteiger partial charge in [0.05, 0.1) is 0 Å². The van der Waals surface area contributed by atoms with Crippen LogP contribution in [0.3, 0.4) is 0 Å². The summed E-state index contributed by atoms with van der Waals surface area (Å²) < 4.78 is 0. The number of nitrogens with one attached hydrogen (secondary N) is 1. The summed E-state index contributed by atoms with van der Waals surface area (Å²) in [5.41, 5.74) is 5.97. The van der Waals surface area contributed by atoms with E-state index >= 15 is 0 Å². The lowest BCUT2D eigenvalue weighted by atomic mass is 11.1. The van der Waals surface area contributed by atoms with Crippen LogP contribution in [0.1, 0.15) is 0 Å². The number of nitrogens with zero attached hydrogens (tertiary/aromatic N) is 3. The van der Waals surface area contributed by atoms with Crippen LogP contribution in [0.4, 0.5) is 0 Å². The maximum absolute atomic E-state index is 3.48. The lowest BCUT2D eigenvalue weighted by Crippen LogP contribution is -2.29. The fourth-order valence-corrected chi connectivity index (χ4v) is 0.225. The molecule has 0 saturated heterocycles. The van der Waals surface area contributed by atoms with E-state index in [2.05, 4.69) is 16.2 Å². The number of hydrogen-bond acceptors (Lipinski definition) is 3. The Balaban J connectivity index is 2.38. The average Bonchev–Trinajstić information content (AvgIpc) is 1.86. The van der Waals surface area contributed by atoms with Gasteiger partial charge in [-0.3, -0.25) is 5.01 Å². The highest BCUT2D eigenvalue weighted by molar-refractivity contribution is 5.54. The van der Waals surface area contributed by atoms with Crippen LogP contribution in [0.5, 0.6) is 0 Å². The molecule has 4 nitrogen and oxygen atoms in total. The summed E-state index contributed by atoms with van der Waals surface area (Å²) in [6.45, 7) is 0. The van der Waals surface area contributed by atoms with E-state index in [1.165, 1.54) is 0 Å². The molecule has 0 aromatic heterocycles. The Morgan fingerprint density at radius 3 is 2.83 bits per heavy atom. The van der Waals surface area contributed by atoms with Crippen LogP contribution in [-0.2, 0) is 0 Å². The summed E-state index contributed by atoms with van der Waals surface area (Å²) in [4.78, 5) is 0. The van der Waals surface area contributed by atoms with E-state index < -0.39 is 0 Å². The molecule has 4 heteroatoms. The Labute approximate surface area is 35.8 Å². The highest BCUT2D eigenvalue weighted by Gasteiger charge is 1.93. The molecule has 6 heavy (non-hydrogen) atoms. The zero-order chi connectivity index (χ0) is 4.41. The van der Waals surface area contributed by atoms with Crippen molar-refractivity contribution in [3.05, 3.63) is 0 Å². The third-order valence-electron chi connectivity index (χ3n) is 0.485. The Hall–Kier alpha value is -0.770. The molecule has 0 unspecified atom stereocenters. The summed E-state index contributed by atoms with van der Waals surface area (Å²) in [6, 6.07) is 0. The first-order chi connectivity index (χ1) is 2.89. The van der Waals surface area contributed by atoms with Gasteiger partial charge in [-0.05, 0) is 0 Å². The van der Waals surface area contributed by atoms with E-state index in [-0.39, 0.29) is 0 Å². The average molecular weight is 85.1 g/mol. The van der Waals surface area contributed by atoms with Crippen LogP contribution in [-0.4, -0.2) is 18.4 Å². The van der Waals surface area contributed by atoms with Gasteiger partial charge in [0.25, 0.3) is 0 Å². The van der Waals surface area contributed by atoms with Gasteiger partial charge in [-0.2, -0.15) is 0 Å². The molecule has 1 aliphatic heterocycles. The van der Waals surface area contributed by atoms with Crippen molar-refractivity contribution in [1.82, 2.24) is 16.1 Å². The number of hydrazine groups is 1. The quantitative estimate of drug-likeness (QED) is 0.405. The molecule has 0 bridgehead atoms. The molecule has 1 radical (unpaired) electrons. The van der Waals surface area contributed by atoms with Crippen LogP contribution in [0.2, 0.25) is 0 Å². The van der Waals surface area contributed by atoms with E-state index in [0.717, 1.165) is 0 Å².